The lowest BCUT2D eigenvalue weighted by atomic mass is 9.72. The largest absolute Gasteiger partial charge is 0.491 e. The molecule has 0 bridgehead atoms. The number of nitrogens with one attached hydrogen (secondary N) is 1. The van der Waals surface area contributed by atoms with E-state index in [-0.39, 0.29) is 17.4 Å². The number of rotatable bonds is 5. The fourth-order valence-electron chi connectivity index (χ4n) is 4.77. The summed E-state index contributed by atoms with van der Waals surface area (Å²) in [5.41, 5.74) is 1.14. The summed E-state index contributed by atoms with van der Waals surface area (Å²) in [6.45, 7) is 12.0. The summed E-state index contributed by atoms with van der Waals surface area (Å²) in [5.74, 6) is 3.10. The van der Waals surface area contributed by atoms with E-state index in [9.17, 15) is 4.79 Å². The van der Waals surface area contributed by atoms with Gasteiger partial charge in [-0.05, 0) is 51.4 Å². The average molecular weight is 398 g/mol. The van der Waals surface area contributed by atoms with Crippen molar-refractivity contribution in [1.82, 2.24) is 25.0 Å². The van der Waals surface area contributed by atoms with Crippen LogP contribution in [0.5, 0.6) is 5.75 Å². The van der Waals surface area contributed by atoms with E-state index in [0.29, 0.717) is 5.92 Å². The number of aromatic nitrogens is 3. The summed E-state index contributed by atoms with van der Waals surface area (Å²) in [7, 11) is 0. The van der Waals surface area contributed by atoms with Crippen molar-refractivity contribution in [2.45, 2.75) is 52.2 Å². The van der Waals surface area contributed by atoms with E-state index < -0.39 is 0 Å². The third-order valence-corrected chi connectivity index (χ3v) is 6.24. The van der Waals surface area contributed by atoms with Crippen LogP contribution in [-0.2, 0) is 16.8 Å². The Hall–Kier alpha value is -2.41. The number of aromatic amines is 1. The summed E-state index contributed by atoms with van der Waals surface area (Å²) < 4.78 is 5.75. The van der Waals surface area contributed by atoms with Crippen molar-refractivity contribution in [3.05, 3.63) is 41.5 Å². The fourth-order valence-corrected chi connectivity index (χ4v) is 4.77. The number of amides is 1. The molecule has 29 heavy (non-hydrogen) atoms. The molecule has 2 atom stereocenters. The third kappa shape index (κ3) is 4.01. The highest BCUT2D eigenvalue weighted by atomic mass is 16.5. The van der Waals surface area contributed by atoms with Crippen LogP contribution in [0, 0.1) is 12.8 Å². The predicted molar refractivity (Wildman–Crippen MR) is 111 cm³/mol. The van der Waals surface area contributed by atoms with Gasteiger partial charge < -0.3 is 9.64 Å². The molecule has 0 radical (unpaired) electrons. The van der Waals surface area contributed by atoms with Gasteiger partial charge in [0.1, 0.15) is 11.6 Å². The highest BCUT2D eigenvalue weighted by molar-refractivity contribution is 5.74. The predicted octanol–water partition coefficient (Wildman–Crippen LogP) is 2.52. The molecule has 7 nitrogen and oxygen atoms in total. The topological polar surface area (TPSA) is 74.3 Å². The lowest BCUT2D eigenvalue weighted by Gasteiger charge is -2.41. The zero-order chi connectivity index (χ0) is 20.6. The normalized spacial score (nSPS) is 24.7. The van der Waals surface area contributed by atoms with E-state index in [2.05, 4.69) is 32.2 Å². The monoisotopic (exact) mass is 397 g/mol. The van der Waals surface area contributed by atoms with Crippen LogP contribution in [0.25, 0.3) is 0 Å². The minimum Gasteiger partial charge on any atom is -0.491 e. The number of piperidine rings is 1. The van der Waals surface area contributed by atoms with Gasteiger partial charge in [0.05, 0.1) is 11.5 Å². The number of likely N-dealkylation sites (tertiary alicyclic amines) is 2. The molecule has 2 aromatic rings. The van der Waals surface area contributed by atoms with Crippen molar-refractivity contribution in [3.8, 4) is 5.75 Å². The first-order valence-corrected chi connectivity index (χ1v) is 10.5. The molecule has 2 aliphatic rings. The highest BCUT2D eigenvalue weighted by Gasteiger charge is 2.53. The smallest absolute Gasteiger partial charge is 0.219 e. The van der Waals surface area contributed by atoms with Crippen LogP contribution >= 0.6 is 0 Å². The number of ether oxygens (including phenoxy) is 1. The molecule has 2 saturated heterocycles. The van der Waals surface area contributed by atoms with Gasteiger partial charge >= 0.3 is 0 Å². The SMILES string of the molecule is CC(=O)N1C[C@H]2CN(Cc3ccc(OC(C)C)cc3)CC[C@@]2(c2n[nH]c(C)n2)C1. The second-order valence-electron chi connectivity index (χ2n) is 8.79. The molecule has 1 aromatic carbocycles. The fraction of sp³-hybridized carbons (Fsp3) is 0.591. The van der Waals surface area contributed by atoms with Crippen LogP contribution in [-0.4, -0.2) is 63.2 Å². The molecular formula is C22H31N5O2. The number of H-pyrrole nitrogens is 1. The van der Waals surface area contributed by atoms with E-state index in [1.807, 2.05) is 37.8 Å². The zero-order valence-corrected chi connectivity index (χ0v) is 17.8. The number of carbonyl (C=O) groups excluding carboxylic acids is 1. The summed E-state index contributed by atoms with van der Waals surface area (Å²) in [6.07, 6.45) is 1.15. The average Bonchev–Trinajstić information content (AvgIpc) is 3.27. The van der Waals surface area contributed by atoms with Crippen molar-refractivity contribution < 1.29 is 9.53 Å². The van der Waals surface area contributed by atoms with Gasteiger partial charge in [-0.2, -0.15) is 5.10 Å². The first kappa shape index (κ1) is 19.9. The lowest BCUT2D eigenvalue weighted by molar-refractivity contribution is -0.128. The second-order valence-corrected chi connectivity index (χ2v) is 8.79. The third-order valence-electron chi connectivity index (χ3n) is 6.24. The molecule has 3 heterocycles. The number of aryl methyl sites for hydroxylation is 1. The van der Waals surface area contributed by atoms with Gasteiger partial charge in [0, 0.05) is 39.0 Å². The Morgan fingerprint density at radius 1 is 1.31 bits per heavy atom. The lowest BCUT2D eigenvalue weighted by Crippen LogP contribution is -2.49. The molecule has 1 amide bonds. The molecule has 1 aromatic heterocycles. The van der Waals surface area contributed by atoms with E-state index in [1.54, 1.807) is 6.92 Å². The van der Waals surface area contributed by atoms with Crippen LogP contribution in [0.4, 0.5) is 0 Å². The number of fused-ring (bicyclic) bond motifs is 1. The molecular weight excluding hydrogens is 366 g/mol. The molecule has 1 N–H and O–H groups in total. The summed E-state index contributed by atoms with van der Waals surface area (Å²) in [4.78, 5) is 21.2. The molecule has 7 heteroatoms. The van der Waals surface area contributed by atoms with Gasteiger partial charge in [0.25, 0.3) is 0 Å². The number of nitrogens with zero attached hydrogens (tertiary/aromatic N) is 4. The second kappa shape index (κ2) is 7.78. The van der Waals surface area contributed by atoms with Crippen LogP contribution < -0.4 is 4.74 Å². The molecule has 2 aliphatic heterocycles. The quantitative estimate of drug-likeness (QED) is 0.839. The van der Waals surface area contributed by atoms with E-state index in [1.165, 1.54) is 5.56 Å². The number of hydrogen-bond donors (Lipinski definition) is 1. The Labute approximate surface area is 172 Å². The molecule has 0 saturated carbocycles. The van der Waals surface area contributed by atoms with Gasteiger partial charge in [-0.1, -0.05) is 12.1 Å². The van der Waals surface area contributed by atoms with Crippen LogP contribution in [0.2, 0.25) is 0 Å². The Kier molecular flexibility index (Phi) is 5.34. The van der Waals surface area contributed by atoms with Gasteiger partial charge in [0.2, 0.25) is 5.91 Å². The van der Waals surface area contributed by atoms with Gasteiger partial charge in [-0.15, -0.1) is 0 Å². The van der Waals surface area contributed by atoms with E-state index in [4.69, 9.17) is 4.74 Å². The van der Waals surface area contributed by atoms with Gasteiger partial charge in [-0.3, -0.25) is 14.8 Å². The Bertz CT molecular complexity index is 862. The zero-order valence-electron chi connectivity index (χ0n) is 17.8. The van der Waals surface area contributed by atoms with E-state index >= 15 is 0 Å². The minimum atomic E-state index is -0.137. The minimum absolute atomic E-state index is 0.137. The molecule has 0 unspecified atom stereocenters. The van der Waals surface area contributed by atoms with Crippen molar-refractivity contribution in [2.75, 3.05) is 26.2 Å². The van der Waals surface area contributed by atoms with Crippen LogP contribution in [0.3, 0.4) is 0 Å². The van der Waals surface area contributed by atoms with Crippen LogP contribution in [0.1, 0.15) is 44.4 Å². The first-order chi connectivity index (χ1) is 13.9. The molecule has 2 fully saturated rings. The highest BCUT2D eigenvalue weighted by Crippen LogP contribution is 2.44. The summed E-state index contributed by atoms with van der Waals surface area (Å²) in [6, 6.07) is 8.39. The number of hydrogen-bond acceptors (Lipinski definition) is 5. The Morgan fingerprint density at radius 3 is 2.69 bits per heavy atom. The Morgan fingerprint density at radius 2 is 2.07 bits per heavy atom. The summed E-state index contributed by atoms with van der Waals surface area (Å²) in [5, 5.41) is 7.50. The Balaban J connectivity index is 1.48. The molecule has 0 spiro atoms. The van der Waals surface area contributed by atoms with E-state index in [0.717, 1.165) is 56.5 Å². The molecule has 156 valence electrons. The molecule has 4 rings (SSSR count). The van der Waals surface area contributed by atoms with Gasteiger partial charge in [0.15, 0.2) is 5.82 Å². The van der Waals surface area contributed by atoms with Crippen molar-refractivity contribution in [1.29, 1.82) is 0 Å². The maximum absolute atomic E-state index is 12.1. The first-order valence-electron chi connectivity index (χ1n) is 10.5. The number of benzene rings is 1. The standard InChI is InChI=1S/C22H31N5O2/c1-15(2)29-20-7-5-18(6-8-20)11-26-10-9-22(21-23-16(3)24-25-21)14-27(17(4)28)13-19(22)12-26/h5-8,15,19H,9-14H2,1-4H3,(H,23,24,25)/t19-,22-/m1/s1. The van der Waals surface area contributed by atoms with Crippen molar-refractivity contribution in [2.24, 2.45) is 5.92 Å². The number of carbonyl (C=O) groups is 1. The van der Waals surface area contributed by atoms with Gasteiger partial charge in [-0.25, -0.2) is 4.98 Å². The maximum Gasteiger partial charge on any atom is 0.219 e. The van der Waals surface area contributed by atoms with Crippen molar-refractivity contribution in [3.63, 3.8) is 0 Å². The van der Waals surface area contributed by atoms with Crippen molar-refractivity contribution >= 4 is 5.91 Å². The summed E-state index contributed by atoms with van der Waals surface area (Å²) >= 11 is 0. The molecule has 0 aliphatic carbocycles. The maximum atomic E-state index is 12.1. The van der Waals surface area contributed by atoms with Crippen LogP contribution in [0.15, 0.2) is 24.3 Å².